The standard InChI is InChI=1S/C26H29N3O/c1-19-23(21-10-5-3-6-11-21)12-9-13-24(19)28-26(30)25-15-14-22(20(2)27-25)18-29-16-7-4-8-17-29/h3,5-6,9-15H,4,7-8,16-18H2,1-2H3,(H,28,30). The topological polar surface area (TPSA) is 45.2 Å². The summed E-state index contributed by atoms with van der Waals surface area (Å²) >= 11 is 0. The van der Waals surface area contributed by atoms with E-state index in [4.69, 9.17) is 0 Å². The average Bonchev–Trinajstić information content (AvgIpc) is 2.78. The highest BCUT2D eigenvalue weighted by Crippen LogP contribution is 2.28. The van der Waals surface area contributed by atoms with Gasteiger partial charge in [0.25, 0.3) is 5.91 Å². The molecule has 154 valence electrons. The number of piperidine rings is 1. The summed E-state index contributed by atoms with van der Waals surface area (Å²) in [7, 11) is 0. The Morgan fingerprint density at radius 1 is 0.933 bits per heavy atom. The van der Waals surface area contributed by atoms with Gasteiger partial charge in [0.05, 0.1) is 0 Å². The average molecular weight is 400 g/mol. The minimum absolute atomic E-state index is 0.170. The molecule has 0 aliphatic carbocycles. The summed E-state index contributed by atoms with van der Waals surface area (Å²) in [5.41, 5.74) is 6.73. The number of hydrogen-bond donors (Lipinski definition) is 1. The van der Waals surface area contributed by atoms with Crippen LogP contribution in [0.4, 0.5) is 5.69 Å². The maximum Gasteiger partial charge on any atom is 0.274 e. The van der Waals surface area contributed by atoms with Crippen molar-refractivity contribution in [3.8, 4) is 11.1 Å². The van der Waals surface area contributed by atoms with Gasteiger partial charge in [-0.25, -0.2) is 4.98 Å². The second-order valence-corrected chi connectivity index (χ2v) is 8.08. The van der Waals surface area contributed by atoms with E-state index >= 15 is 0 Å². The number of hydrogen-bond acceptors (Lipinski definition) is 3. The number of benzene rings is 2. The molecule has 0 unspecified atom stereocenters. The maximum atomic E-state index is 12.9. The first kappa shape index (κ1) is 20.3. The maximum absolute atomic E-state index is 12.9. The lowest BCUT2D eigenvalue weighted by atomic mass is 9.99. The van der Waals surface area contributed by atoms with Crippen LogP contribution in [-0.2, 0) is 6.54 Å². The molecule has 1 N–H and O–H groups in total. The summed E-state index contributed by atoms with van der Waals surface area (Å²) in [5, 5.41) is 3.05. The van der Waals surface area contributed by atoms with Gasteiger partial charge in [-0.05, 0) is 74.2 Å². The highest BCUT2D eigenvalue weighted by atomic mass is 16.1. The summed E-state index contributed by atoms with van der Waals surface area (Å²) in [6.45, 7) is 7.26. The molecule has 1 aliphatic heterocycles. The van der Waals surface area contributed by atoms with Crippen LogP contribution in [0.3, 0.4) is 0 Å². The van der Waals surface area contributed by atoms with E-state index in [0.717, 1.165) is 47.7 Å². The fourth-order valence-electron chi connectivity index (χ4n) is 4.13. The van der Waals surface area contributed by atoms with Gasteiger partial charge in [0.2, 0.25) is 0 Å². The molecular formula is C26H29N3O. The van der Waals surface area contributed by atoms with E-state index in [2.05, 4.69) is 39.5 Å². The van der Waals surface area contributed by atoms with E-state index in [1.165, 1.54) is 24.8 Å². The number of nitrogens with one attached hydrogen (secondary N) is 1. The van der Waals surface area contributed by atoms with Crippen molar-refractivity contribution in [2.24, 2.45) is 0 Å². The van der Waals surface area contributed by atoms with Crippen molar-refractivity contribution >= 4 is 11.6 Å². The van der Waals surface area contributed by atoms with E-state index in [0.29, 0.717) is 5.69 Å². The summed E-state index contributed by atoms with van der Waals surface area (Å²) in [6, 6.07) is 20.1. The van der Waals surface area contributed by atoms with E-state index in [1.807, 2.05) is 50.2 Å². The zero-order chi connectivity index (χ0) is 20.9. The van der Waals surface area contributed by atoms with E-state index in [1.54, 1.807) is 0 Å². The molecule has 1 amide bonds. The predicted octanol–water partition coefficient (Wildman–Crippen LogP) is 5.60. The van der Waals surface area contributed by atoms with E-state index < -0.39 is 0 Å². The van der Waals surface area contributed by atoms with Crippen LogP contribution in [0.2, 0.25) is 0 Å². The van der Waals surface area contributed by atoms with Crippen LogP contribution in [0.25, 0.3) is 11.1 Å². The SMILES string of the molecule is Cc1nc(C(=O)Nc2cccc(-c3ccccc3)c2C)ccc1CN1CCCCC1. The molecule has 4 heteroatoms. The Kier molecular flexibility index (Phi) is 6.24. The number of likely N-dealkylation sites (tertiary alicyclic amines) is 1. The normalized spacial score (nSPS) is 14.5. The molecule has 2 heterocycles. The van der Waals surface area contributed by atoms with Crippen LogP contribution >= 0.6 is 0 Å². The Morgan fingerprint density at radius 3 is 2.43 bits per heavy atom. The van der Waals surface area contributed by atoms with Crippen molar-refractivity contribution in [2.75, 3.05) is 18.4 Å². The monoisotopic (exact) mass is 399 g/mol. The van der Waals surface area contributed by atoms with Gasteiger partial charge in [0, 0.05) is 17.9 Å². The van der Waals surface area contributed by atoms with Gasteiger partial charge < -0.3 is 5.32 Å². The molecule has 3 aromatic rings. The molecule has 1 aliphatic rings. The molecule has 1 aromatic heterocycles. The van der Waals surface area contributed by atoms with Crippen LogP contribution in [-0.4, -0.2) is 28.9 Å². The Morgan fingerprint density at radius 2 is 1.70 bits per heavy atom. The van der Waals surface area contributed by atoms with Gasteiger partial charge in [-0.1, -0.05) is 55.0 Å². The Hall–Kier alpha value is -2.98. The number of carbonyl (C=O) groups is 1. The minimum Gasteiger partial charge on any atom is -0.320 e. The molecule has 4 nitrogen and oxygen atoms in total. The molecule has 0 atom stereocenters. The molecule has 1 fully saturated rings. The first-order valence-electron chi connectivity index (χ1n) is 10.8. The van der Waals surface area contributed by atoms with Gasteiger partial charge in [-0.3, -0.25) is 9.69 Å². The van der Waals surface area contributed by atoms with Crippen LogP contribution in [0.5, 0.6) is 0 Å². The van der Waals surface area contributed by atoms with E-state index in [9.17, 15) is 4.79 Å². The second-order valence-electron chi connectivity index (χ2n) is 8.08. The van der Waals surface area contributed by atoms with Gasteiger partial charge in [0.15, 0.2) is 0 Å². The molecule has 0 saturated carbocycles. The van der Waals surface area contributed by atoms with Crippen LogP contribution in [0, 0.1) is 13.8 Å². The van der Waals surface area contributed by atoms with Crippen LogP contribution in [0.1, 0.15) is 46.6 Å². The fraction of sp³-hybridized carbons (Fsp3) is 0.308. The largest absolute Gasteiger partial charge is 0.320 e. The molecule has 0 radical (unpaired) electrons. The smallest absolute Gasteiger partial charge is 0.274 e. The van der Waals surface area contributed by atoms with Crippen molar-refractivity contribution in [3.05, 3.63) is 83.2 Å². The number of aromatic nitrogens is 1. The Labute approximate surface area is 179 Å². The van der Waals surface area contributed by atoms with Gasteiger partial charge >= 0.3 is 0 Å². The zero-order valence-corrected chi connectivity index (χ0v) is 17.8. The first-order chi connectivity index (χ1) is 14.6. The summed E-state index contributed by atoms with van der Waals surface area (Å²) < 4.78 is 0. The number of amides is 1. The molecule has 0 spiro atoms. The summed E-state index contributed by atoms with van der Waals surface area (Å²) in [6.07, 6.45) is 3.88. The van der Waals surface area contributed by atoms with Crippen molar-refractivity contribution in [3.63, 3.8) is 0 Å². The lowest BCUT2D eigenvalue weighted by Gasteiger charge is -2.26. The summed E-state index contributed by atoms with van der Waals surface area (Å²) in [5.74, 6) is -0.170. The van der Waals surface area contributed by atoms with Gasteiger partial charge in [-0.15, -0.1) is 0 Å². The Bertz CT molecular complexity index is 1020. The fourth-order valence-corrected chi connectivity index (χ4v) is 4.13. The molecule has 1 saturated heterocycles. The third-order valence-corrected chi connectivity index (χ3v) is 5.94. The predicted molar refractivity (Wildman–Crippen MR) is 123 cm³/mol. The van der Waals surface area contributed by atoms with Crippen molar-refractivity contribution in [1.82, 2.24) is 9.88 Å². The highest BCUT2D eigenvalue weighted by molar-refractivity contribution is 6.03. The third-order valence-electron chi connectivity index (χ3n) is 5.94. The van der Waals surface area contributed by atoms with Gasteiger partial charge in [-0.2, -0.15) is 0 Å². The zero-order valence-electron chi connectivity index (χ0n) is 17.8. The number of aryl methyl sites for hydroxylation is 1. The van der Waals surface area contributed by atoms with Crippen molar-refractivity contribution < 1.29 is 4.79 Å². The highest BCUT2D eigenvalue weighted by Gasteiger charge is 2.15. The summed E-state index contributed by atoms with van der Waals surface area (Å²) in [4.78, 5) is 20.0. The Balaban J connectivity index is 1.49. The number of carbonyl (C=O) groups excluding carboxylic acids is 1. The first-order valence-corrected chi connectivity index (χ1v) is 10.8. The molecular weight excluding hydrogens is 370 g/mol. The third kappa shape index (κ3) is 4.60. The second kappa shape index (κ2) is 9.23. The molecule has 30 heavy (non-hydrogen) atoms. The number of anilines is 1. The quantitative estimate of drug-likeness (QED) is 0.607. The van der Waals surface area contributed by atoms with Crippen molar-refractivity contribution in [2.45, 2.75) is 39.7 Å². The van der Waals surface area contributed by atoms with E-state index in [-0.39, 0.29) is 5.91 Å². The lowest BCUT2D eigenvalue weighted by molar-refractivity contribution is 0.102. The lowest BCUT2D eigenvalue weighted by Crippen LogP contribution is -2.29. The van der Waals surface area contributed by atoms with Gasteiger partial charge in [0.1, 0.15) is 5.69 Å². The molecule has 2 aromatic carbocycles. The minimum atomic E-state index is -0.170. The number of pyridine rings is 1. The van der Waals surface area contributed by atoms with Crippen LogP contribution in [0.15, 0.2) is 60.7 Å². The number of rotatable bonds is 5. The van der Waals surface area contributed by atoms with Crippen LogP contribution < -0.4 is 5.32 Å². The van der Waals surface area contributed by atoms with Crippen molar-refractivity contribution in [1.29, 1.82) is 0 Å². The number of nitrogens with zero attached hydrogens (tertiary/aromatic N) is 2. The molecule has 4 rings (SSSR count). The molecule has 0 bridgehead atoms.